The quantitative estimate of drug-likeness (QED) is 0.110. The van der Waals surface area contributed by atoms with Crippen molar-refractivity contribution in [3.63, 3.8) is 0 Å². The standard InChI is InChI=1S/C23H20Br2FNO.C22H19Br2NO.C3H15P7/c1-28-19-4-2-3-15(11-19)5-8-18(26)14-27-22-9-6-16(24)12-20(22)21-13-17(25)7-10-23(21)27;23-16-7-10-21-19(12-16)20-13-17(24)8-11-22(20)25(21)14-18(26)9-6-15-4-2-1-3-5-15;1-7(2)10(8(3)4)9(5)6/h2-4,6-7,9-13,18H,5,8,14H2,1H3;1-5,7-8,10-13,18,26H,6,9,14H2;4-6H2,1-3H3. The molecule has 0 saturated carbocycles. The number of aromatic nitrogens is 2. The number of fused-ring (bicyclic) bond motifs is 6. The molecule has 2 heterocycles. The van der Waals surface area contributed by atoms with E-state index < -0.39 is 6.17 Å². The summed E-state index contributed by atoms with van der Waals surface area (Å²) in [6, 6.07) is 43.2. The molecule has 0 spiro atoms. The Balaban J connectivity index is 0.000000177. The highest BCUT2D eigenvalue weighted by Gasteiger charge is 2.20. The molecule has 0 aliphatic rings. The second-order valence-electron chi connectivity index (χ2n) is 15.6. The number of halogens is 5. The first-order valence-corrected chi connectivity index (χ1v) is 37.5. The van der Waals surface area contributed by atoms with Crippen LogP contribution in [0.5, 0.6) is 5.75 Å². The Bertz CT molecular complexity index is 2650. The summed E-state index contributed by atoms with van der Waals surface area (Å²) in [5, 5.41) is 15.3. The summed E-state index contributed by atoms with van der Waals surface area (Å²) in [6.45, 7) is 8.68. The van der Waals surface area contributed by atoms with E-state index in [0.717, 1.165) is 74.9 Å². The maximum absolute atomic E-state index is 15.0. The first-order valence-electron chi connectivity index (χ1n) is 20.6. The number of alkyl halides is 1. The van der Waals surface area contributed by atoms with Crippen LogP contribution in [0.4, 0.5) is 4.39 Å². The van der Waals surface area contributed by atoms with Crippen LogP contribution in [0.15, 0.2) is 145 Å². The number of methoxy groups -OCH3 is 1. The fourth-order valence-corrected chi connectivity index (χ4v) is 61.4. The molecule has 0 fully saturated rings. The van der Waals surface area contributed by atoms with Crippen LogP contribution >= 0.6 is 119 Å². The van der Waals surface area contributed by atoms with Crippen LogP contribution in [0, 0.1) is 0 Å². The highest BCUT2D eigenvalue weighted by molar-refractivity contribution is 9.11. The summed E-state index contributed by atoms with van der Waals surface area (Å²) >= 11 is 14.3. The number of rotatable bonds is 14. The second-order valence-corrected chi connectivity index (χ2v) is 46.9. The zero-order valence-electron chi connectivity index (χ0n) is 36.2. The van der Waals surface area contributed by atoms with Crippen molar-refractivity contribution in [3.8, 4) is 5.75 Å². The van der Waals surface area contributed by atoms with Gasteiger partial charge in [-0.05, 0) is 156 Å². The molecule has 6 aromatic carbocycles. The Morgan fingerprint density at radius 1 is 0.578 bits per heavy atom. The van der Waals surface area contributed by atoms with Crippen molar-refractivity contribution in [3.05, 3.63) is 156 Å². The van der Waals surface area contributed by atoms with Gasteiger partial charge in [0.05, 0.1) is 19.8 Å². The molecule has 2 aromatic heterocycles. The Morgan fingerprint density at radius 2 is 1.02 bits per heavy atom. The average molecular weight is 1250 g/mol. The third-order valence-corrected chi connectivity index (χ3v) is 51.4. The van der Waals surface area contributed by atoms with Crippen molar-refractivity contribution in [1.29, 1.82) is 0 Å². The summed E-state index contributed by atoms with van der Waals surface area (Å²) in [6.07, 6.45) is 1.47. The first-order chi connectivity index (χ1) is 30.6. The van der Waals surface area contributed by atoms with Gasteiger partial charge in [0.2, 0.25) is 0 Å². The Hall–Kier alpha value is -0.460. The molecule has 0 bridgehead atoms. The highest BCUT2D eigenvalue weighted by Crippen LogP contribution is 3.03. The van der Waals surface area contributed by atoms with E-state index in [1.165, 1.54) is 16.3 Å². The molecular weight excluding hydrogens is 1190 g/mol. The van der Waals surface area contributed by atoms with Crippen LogP contribution in [-0.4, -0.2) is 53.6 Å². The molecule has 8 rings (SSSR count). The van der Waals surface area contributed by atoms with Crippen molar-refractivity contribution in [1.82, 2.24) is 9.13 Å². The molecule has 4 nitrogen and oxygen atoms in total. The number of aliphatic hydroxyl groups is 1. The molecule has 7 unspecified atom stereocenters. The molecule has 64 heavy (non-hydrogen) atoms. The molecule has 0 saturated heterocycles. The van der Waals surface area contributed by atoms with Crippen molar-refractivity contribution in [2.45, 2.75) is 51.0 Å². The molecule has 0 aliphatic carbocycles. The smallest absolute Gasteiger partial charge is 0.119 e. The molecule has 338 valence electrons. The SMILES string of the molecule is COc1cccc(CCC(F)Cn2c3ccc(Br)cc3c3cc(Br)ccc32)c1.CP(C)P(P(C)P)P(P)P.OC(CCc1ccccc1)Cn1c2ccc(Br)cc2c2cc(Br)ccc21. The zero-order valence-corrected chi connectivity index (χ0v) is 49.6. The van der Waals surface area contributed by atoms with Crippen LogP contribution < -0.4 is 4.74 Å². The fourth-order valence-electron chi connectivity index (χ4n) is 7.86. The Labute approximate surface area is 422 Å². The Kier molecular flexibility index (Phi) is 21.0. The van der Waals surface area contributed by atoms with Gasteiger partial charge in [-0.1, -0.05) is 121 Å². The summed E-state index contributed by atoms with van der Waals surface area (Å²) in [5.41, 5.74) is 6.78. The van der Waals surface area contributed by atoms with Gasteiger partial charge in [0.1, 0.15) is 11.9 Å². The van der Waals surface area contributed by atoms with Crippen LogP contribution in [0.3, 0.4) is 0 Å². The number of ether oxygens (including phenoxy) is 1. The van der Waals surface area contributed by atoms with Crippen molar-refractivity contribution < 1.29 is 14.2 Å². The van der Waals surface area contributed by atoms with E-state index >= 15 is 0 Å². The summed E-state index contributed by atoms with van der Waals surface area (Å²) in [5.74, 6) is 0.812. The minimum atomic E-state index is -0.933. The third-order valence-electron chi connectivity index (χ3n) is 10.7. The van der Waals surface area contributed by atoms with Gasteiger partial charge < -0.3 is 19.0 Å². The number of benzene rings is 6. The average Bonchev–Trinajstić information content (AvgIpc) is 3.71. The maximum Gasteiger partial charge on any atom is 0.119 e. The van der Waals surface area contributed by atoms with E-state index in [2.05, 4.69) is 192 Å². The molecule has 0 radical (unpaired) electrons. The van der Waals surface area contributed by atoms with Crippen LogP contribution in [-0.2, 0) is 25.9 Å². The lowest BCUT2D eigenvalue weighted by Crippen LogP contribution is -2.16. The minimum Gasteiger partial charge on any atom is -0.497 e. The van der Waals surface area contributed by atoms with Gasteiger partial charge in [0.15, 0.2) is 0 Å². The number of hydrogen-bond donors (Lipinski definition) is 1. The van der Waals surface area contributed by atoms with Gasteiger partial charge in [-0.25, -0.2) is 4.39 Å². The maximum atomic E-state index is 15.0. The minimum absolute atomic E-state index is 0.192. The van der Waals surface area contributed by atoms with Crippen molar-refractivity contribution in [2.75, 3.05) is 27.1 Å². The van der Waals surface area contributed by atoms with Gasteiger partial charge in [0, 0.05) is 68.0 Å². The van der Waals surface area contributed by atoms with Gasteiger partial charge in [0.25, 0.3) is 0 Å². The lowest BCUT2D eigenvalue weighted by Gasteiger charge is -2.28. The van der Waals surface area contributed by atoms with Crippen molar-refractivity contribution >= 4 is 163 Å². The topological polar surface area (TPSA) is 39.3 Å². The molecule has 16 heteroatoms. The Morgan fingerprint density at radius 3 is 1.42 bits per heavy atom. The van der Waals surface area contributed by atoms with Crippen LogP contribution in [0.1, 0.15) is 24.0 Å². The summed E-state index contributed by atoms with van der Waals surface area (Å²) < 4.78 is 28.7. The normalized spacial score (nSPS) is 13.5. The first kappa shape index (κ1) is 52.9. The molecule has 7 atom stereocenters. The third kappa shape index (κ3) is 14.3. The number of aliphatic hydroxyl groups excluding tert-OH is 1. The monoisotopic (exact) mass is 1240 g/mol. The van der Waals surface area contributed by atoms with Gasteiger partial charge in [-0.15, -0.1) is 26.8 Å². The number of hydrogen-bond acceptors (Lipinski definition) is 2. The number of aryl methyl sites for hydroxylation is 2. The van der Waals surface area contributed by atoms with E-state index in [1.54, 1.807) is 7.11 Å². The van der Waals surface area contributed by atoms with Gasteiger partial charge >= 0.3 is 0 Å². The molecule has 8 aromatic rings. The van der Waals surface area contributed by atoms with Gasteiger partial charge in [-0.2, -0.15) is 0 Å². The van der Waals surface area contributed by atoms with E-state index in [-0.39, 0.29) is 20.4 Å². The van der Waals surface area contributed by atoms with Gasteiger partial charge in [-0.3, -0.25) is 0 Å². The zero-order chi connectivity index (χ0) is 46.1. The molecule has 0 amide bonds. The van der Waals surface area contributed by atoms with E-state index in [9.17, 15) is 9.50 Å². The summed E-state index contributed by atoms with van der Waals surface area (Å²) in [4.78, 5) is 0. The van der Waals surface area contributed by atoms with E-state index in [4.69, 9.17) is 4.74 Å². The summed E-state index contributed by atoms with van der Waals surface area (Å²) in [7, 11) is 11.2. The van der Waals surface area contributed by atoms with Crippen LogP contribution in [0.25, 0.3) is 43.6 Å². The molecule has 1 N–H and O–H groups in total. The van der Waals surface area contributed by atoms with Crippen LogP contribution in [0.2, 0.25) is 0 Å². The lowest BCUT2D eigenvalue weighted by atomic mass is 10.1. The fraction of sp³-hybridized carbons (Fsp3) is 0.250. The van der Waals surface area contributed by atoms with E-state index in [0.29, 0.717) is 40.5 Å². The largest absolute Gasteiger partial charge is 0.497 e. The number of nitrogens with zero attached hydrogens (tertiary/aromatic N) is 2. The molecule has 0 aliphatic heterocycles. The predicted octanol–water partition coefficient (Wildman–Crippen LogP) is 18.5. The molecular formula is C48H54Br4FN2O2P7. The van der Waals surface area contributed by atoms with E-state index in [1.807, 2.05) is 54.6 Å². The second kappa shape index (κ2) is 25.4. The highest BCUT2D eigenvalue weighted by atomic mass is 79.9. The lowest BCUT2D eigenvalue weighted by molar-refractivity contribution is 0.147. The van der Waals surface area contributed by atoms with Crippen molar-refractivity contribution in [2.24, 2.45) is 0 Å². The predicted molar refractivity (Wildman–Crippen MR) is 311 cm³/mol.